The Morgan fingerprint density at radius 3 is 1.06 bits per heavy atom. The van der Waals surface area contributed by atoms with Crippen molar-refractivity contribution in [2.24, 2.45) is 0 Å². The van der Waals surface area contributed by atoms with Gasteiger partial charge in [-0.05, 0) is 32.9 Å². The average molecular weight is 1130 g/mol. The molecule has 0 bridgehead atoms. The van der Waals surface area contributed by atoms with Crippen molar-refractivity contribution in [1.82, 2.24) is 0 Å². The van der Waals surface area contributed by atoms with Crippen molar-refractivity contribution in [3.8, 4) is 0 Å². The van der Waals surface area contributed by atoms with Gasteiger partial charge in [0.25, 0.3) is 0 Å². The Bertz CT molecular complexity index is 4650. The van der Waals surface area contributed by atoms with Gasteiger partial charge in [0.1, 0.15) is 0 Å². The van der Waals surface area contributed by atoms with E-state index < -0.39 is 16.1 Å². The van der Waals surface area contributed by atoms with Crippen LogP contribution in [0, 0.1) is 0 Å². The Morgan fingerprint density at radius 1 is 0.272 bits per heavy atom. The molecule has 81 heavy (non-hydrogen) atoms. The maximum absolute atomic E-state index is 2.98. The molecule has 2 nitrogen and oxygen atoms in total. The van der Waals surface area contributed by atoms with Gasteiger partial charge >= 0.3 is 347 Å². The van der Waals surface area contributed by atoms with Crippen LogP contribution < -0.4 is 51.3 Å². The molecule has 0 radical (unpaired) electrons. The third kappa shape index (κ3) is 6.78. The van der Waals surface area contributed by atoms with E-state index in [1.807, 2.05) is 0 Å². The topological polar surface area (TPSA) is 6.48 Å². The van der Waals surface area contributed by atoms with Crippen molar-refractivity contribution < 1.29 is 0 Å². The van der Waals surface area contributed by atoms with Crippen LogP contribution in [-0.4, -0.2) is 30.7 Å². The second-order valence-electron chi connectivity index (χ2n) is 23.0. The van der Waals surface area contributed by atoms with Crippen LogP contribution >= 0.6 is 0 Å². The monoisotopic (exact) mass is 1130 g/mol. The molecule has 1 aromatic heterocycles. The van der Waals surface area contributed by atoms with E-state index in [4.69, 9.17) is 0 Å². The summed E-state index contributed by atoms with van der Waals surface area (Å²) in [4.78, 5) is 5.37. The second kappa shape index (κ2) is 18.5. The van der Waals surface area contributed by atoms with Gasteiger partial charge in [0.15, 0.2) is 8.07 Å². The fourth-order valence-electron chi connectivity index (χ4n) is 14.9. The summed E-state index contributed by atoms with van der Waals surface area (Å²) in [5, 5.41) is 22.0. The van der Waals surface area contributed by atoms with Gasteiger partial charge in [-0.1, -0.05) is 97.1 Å². The predicted molar refractivity (Wildman–Crippen MR) is 354 cm³/mol. The first kappa shape index (κ1) is 48.4. The number of hydrogen-bond donors (Lipinski definition) is 0. The first-order chi connectivity index (χ1) is 39.9. The van der Waals surface area contributed by atoms with Gasteiger partial charge in [0, 0.05) is 0 Å². The zero-order chi connectivity index (χ0) is 54.1. The van der Waals surface area contributed by atoms with Crippen LogP contribution in [0.5, 0.6) is 0 Å². The average Bonchev–Trinajstić information content (AvgIpc) is 4.02. The van der Waals surface area contributed by atoms with E-state index in [0.717, 1.165) is 0 Å². The minimum atomic E-state index is -2.98. The summed E-state index contributed by atoms with van der Waals surface area (Å²) < 4.78 is 2.92. The molecular formula is C76H58N2SeSi2. The van der Waals surface area contributed by atoms with E-state index in [2.05, 4.69) is 304 Å². The number of rotatable bonds is 8. The van der Waals surface area contributed by atoms with Crippen LogP contribution in [0.15, 0.2) is 267 Å². The standard InChI is InChI=1S/C76H58N2SeSi2/c1-49(2)60-45-66(77-63-34-18-22-38-71(63)80(51-25-9-5-10-26-51,52-27-11-6-12-28-52)72-39-23-19-35-64(72)77)58-43-41-57-61(50(3)4)46-67(59-44-42-56(60)75(58)76(57)59)78-65-36-20-24-40-73(65)81(53-29-13-7-14-30-53,54-31-15-8-16-32-54)74-47-62-55-33-17-21-37-69(55)79-70(62)48-68(74)78/h5-50H,1-4H3. The van der Waals surface area contributed by atoms with Crippen LogP contribution in [-0.2, 0) is 0 Å². The number of anilines is 6. The van der Waals surface area contributed by atoms with Crippen LogP contribution in [0.2, 0.25) is 0 Å². The SMILES string of the molecule is CC(C)c1cc(N2c3ccccc3[Si](c3ccccc3)(c3ccccc3)c3ccccc32)c2ccc3c(C(C)C)cc(N4c5ccccc5[Si](c5ccccc5)(c5ccccc5)c5cc6c(cc54)[se]c4ccccc46)c4ccc1c2c34. The molecule has 0 saturated heterocycles. The van der Waals surface area contributed by atoms with Gasteiger partial charge in [0.05, 0.1) is 0 Å². The Labute approximate surface area is 481 Å². The third-order valence-electron chi connectivity index (χ3n) is 18.3. The van der Waals surface area contributed by atoms with Crippen molar-refractivity contribution >= 4 is 158 Å². The minimum absolute atomic E-state index is 0.165. The van der Waals surface area contributed by atoms with E-state index in [1.165, 1.54) is 138 Å². The molecule has 3 heterocycles. The second-order valence-corrected chi connectivity index (χ2v) is 32.7. The fourth-order valence-corrected chi connectivity index (χ4v) is 27.5. The summed E-state index contributed by atoms with van der Waals surface area (Å²) in [7, 11) is -5.82. The molecule has 0 atom stereocenters. The van der Waals surface area contributed by atoms with E-state index in [0.29, 0.717) is 0 Å². The Morgan fingerprint density at radius 2 is 0.630 bits per heavy atom. The molecule has 13 aromatic carbocycles. The van der Waals surface area contributed by atoms with Gasteiger partial charge in [-0.25, -0.2) is 0 Å². The number of nitrogens with zero attached hydrogens (tertiary/aromatic N) is 2. The molecule has 16 rings (SSSR count). The van der Waals surface area contributed by atoms with Crippen molar-refractivity contribution in [1.29, 1.82) is 0 Å². The molecule has 0 aliphatic carbocycles. The van der Waals surface area contributed by atoms with Crippen LogP contribution in [0.1, 0.15) is 50.7 Å². The number of hydrogen-bond acceptors (Lipinski definition) is 2. The fraction of sp³-hybridized carbons (Fsp3) is 0.0789. The van der Waals surface area contributed by atoms with E-state index in [1.54, 1.807) is 0 Å². The van der Waals surface area contributed by atoms with E-state index in [-0.39, 0.29) is 26.3 Å². The Balaban J connectivity index is 1.02. The summed E-state index contributed by atoms with van der Waals surface area (Å²) in [6.07, 6.45) is 0. The molecule has 0 saturated carbocycles. The van der Waals surface area contributed by atoms with Gasteiger partial charge in [-0.3, -0.25) is 0 Å². The van der Waals surface area contributed by atoms with Crippen LogP contribution in [0.4, 0.5) is 34.1 Å². The van der Waals surface area contributed by atoms with Crippen LogP contribution in [0.25, 0.3) is 51.6 Å². The van der Waals surface area contributed by atoms with Gasteiger partial charge < -0.3 is 0 Å². The zero-order valence-electron chi connectivity index (χ0n) is 45.9. The first-order valence-electron chi connectivity index (χ1n) is 28.7. The predicted octanol–water partition coefficient (Wildman–Crippen LogP) is 14.5. The van der Waals surface area contributed by atoms with Crippen LogP contribution in [0.3, 0.4) is 0 Å². The Kier molecular flexibility index (Phi) is 11.0. The maximum atomic E-state index is 2.72. The molecule has 0 spiro atoms. The summed E-state index contributed by atoms with van der Waals surface area (Å²) in [6, 6.07) is 104. The third-order valence-corrected chi connectivity index (χ3v) is 30.3. The molecule has 386 valence electrons. The van der Waals surface area contributed by atoms with Crippen molar-refractivity contribution in [2.45, 2.75) is 39.5 Å². The zero-order valence-corrected chi connectivity index (χ0v) is 49.6. The van der Waals surface area contributed by atoms with Crippen molar-refractivity contribution in [2.75, 3.05) is 9.80 Å². The number of fused-ring (bicyclic) bond motifs is 7. The van der Waals surface area contributed by atoms with Gasteiger partial charge in [0.2, 0.25) is 0 Å². The molecule has 0 fully saturated rings. The molecule has 5 heteroatoms. The normalized spacial score (nSPS) is 14.3. The van der Waals surface area contributed by atoms with E-state index >= 15 is 0 Å². The van der Waals surface area contributed by atoms with Crippen molar-refractivity contribution in [3.05, 3.63) is 278 Å². The summed E-state index contributed by atoms with van der Waals surface area (Å²) in [6.45, 7) is 9.56. The number of benzene rings is 13. The summed E-state index contributed by atoms with van der Waals surface area (Å²) in [5.74, 6) is 0.518. The van der Waals surface area contributed by atoms with Crippen molar-refractivity contribution in [3.63, 3.8) is 0 Å². The summed E-state index contributed by atoms with van der Waals surface area (Å²) >= 11 is 0.165. The van der Waals surface area contributed by atoms with E-state index in [9.17, 15) is 0 Å². The first-order valence-corrected chi connectivity index (χ1v) is 34.4. The molecule has 0 N–H and O–H groups in total. The number of para-hydroxylation sites is 3. The quantitative estimate of drug-likeness (QED) is 0.111. The van der Waals surface area contributed by atoms with Gasteiger partial charge in [-0.15, -0.1) is 0 Å². The molecule has 2 aliphatic heterocycles. The molecule has 0 unspecified atom stereocenters. The molecule has 14 aromatic rings. The molecule has 0 amide bonds. The van der Waals surface area contributed by atoms with Gasteiger partial charge in [-0.2, -0.15) is 0 Å². The molecule has 2 aliphatic rings. The molecular weight excluding hydrogens is 1080 g/mol. The Hall–Kier alpha value is -8.55. The summed E-state index contributed by atoms with van der Waals surface area (Å²) in [5.41, 5.74) is 10.3.